The molecule has 0 atom stereocenters. The van der Waals surface area contributed by atoms with Crippen LogP contribution in [0.1, 0.15) is 12.8 Å². The third-order valence-electron chi connectivity index (χ3n) is 5.21. The number of anilines is 2. The maximum absolute atomic E-state index is 12.5. The zero-order chi connectivity index (χ0) is 17.2. The van der Waals surface area contributed by atoms with E-state index in [1.807, 2.05) is 30.3 Å². The van der Waals surface area contributed by atoms with E-state index in [4.69, 9.17) is 0 Å². The summed E-state index contributed by atoms with van der Waals surface area (Å²) in [5, 5.41) is 13.4. The van der Waals surface area contributed by atoms with Crippen LogP contribution >= 0.6 is 0 Å². The summed E-state index contributed by atoms with van der Waals surface area (Å²) in [7, 11) is 2.16. The normalized spacial score (nSPS) is 15.5. The van der Waals surface area contributed by atoms with Gasteiger partial charge in [-0.3, -0.25) is 10.1 Å². The van der Waals surface area contributed by atoms with Crippen molar-refractivity contribution in [2.45, 2.75) is 18.9 Å². The van der Waals surface area contributed by atoms with Crippen molar-refractivity contribution in [2.75, 3.05) is 29.9 Å². The molecule has 0 amide bonds. The molecule has 4 heteroatoms. The van der Waals surface area contributed by atoms with Gasteiger partial charge in [-0.2, -0.15) is 0 Å². The zero-order valence-electron chi connectivity index (χ0n) is 14.4. The second-order valence-electron chi connectivity index (χ2n) is 6.65. The second kappa shape index (κ2) is 6.63. The molecular formula is C21H22N3O. The zero-order valence-corrected chi connectivity index (χ0v) is 14.4. The summed E-state index contributed by atoms with van der Waals surface area (Å²) in [4.78, 5) is 8.87. The molecule has 3 aromatic rings. The summed E-state index contributed by atoms with van der Waals surface area (Å²) in [6, 6.07) is 18.9. The fourth-order valence-electron chi connectivity index (χ4n) is 3.79. The first-order valence-corrected chi connectivity index (χ1v) is 8.81. The topological polar surface area (TPSA) is 39.3 Å². The molecule has 0 spiro atoms. The molecule has 0 N–H and O–H groups in total. The molecule has 2 heterocycles. The maximum Gasteiger partial charge on any atom is 0.220 e. The molecule has 1 saturated heterocycles. The quantitative estimate of drug-likeness (QED) is 0.710. The van der Waals surface area contributed by atoms with Crippen molar-refractivity contribution < 1.29 is 5.11 Å². The van der Waals surface area contributed by atoms with Crippen LogP contribution in [0.2, 0.25) is 0 Å². The second-order valence-corrected chi connectivity index (χ2v) is 6.65. The molecule has 4 nitrogen and oxygen atoms in total. The minimum absolute atomic E-state index is 0.0218. The summed E-state index contributed by atoms with van der Waals surface area (Å²) in [6.45, 7) is 1.79. The smallest absolute Gasteiger partial charge is 0.220 e. The Hall–Kier alpha value is -2.75. The number of nitrogens with zero attached hydrogens (tertiary/aromatic N) is 3. The van der Waals surface area contributed by atoms with Gasteiger partial charge in [-0.15, -0.1) is 0 Å². The number of hydrogen-bond acceptors (Lipinski definition) is 3. The standard InChI is InChI=1S/C21H22N3O/c1-23(16-7-3-2-4-8-16)17-11-13-24(14-12-17)21-18-9-5-6-10-19(18)22-15-20(21)25/h2-10,15,17H,11-14H2,1H3. The third-order valence-corrected chi connectivity index (χ3v) is 5.21. The van der Waals surface area contributed by atoms with Crippen LogP contribution in [-0.2, 0) is 5.11 Å². The molecule has 1 aromatic heterocycles. The van der Waals surface area contributed by atoms with Gasteiger partial charge >= 0.3 is 0 Å². The highest BCUT2D eigenvalue weighted by Gasteiger charge is 2.25. The van der Waals surface area contributed by atoms with Crippen molar-refractivity contribution in [1.29, 1.82) is 0 Å². The lowest BCUT2D eigenvalue weighted by Gasteiger charge is -2.39. The molecule has 1 aliphatic heterocycles. The highest BCUT2D eigenvalue weighted by molar-refractivity contribution is 5.94. The number of fused-ring (bicyclic) bond motifs is 1. The Kier molecular flexibility index (Phi) is 4.18. The van der Waals surface area contributed by atoms with Crippen molar-refractivity contribution in [3.8, 4) is 5.75 Å². The van der Waals surface area contributed by atoms with Crippen molar-refractivity contribution >= 4 is 22.3 Å². The monoisotopic (exact) mass is 332 g/mol. The predicted octanol–water partition coefficient (Wildman–Crippen LogP) is 4.48. The minimum Gasteiger partial charge on any atom is -0.371 e. The van der Waals surface area contributed by atoms with Gasteiger partial charge in [0.1, 0.15) is 0 Å². The van der Waals surface area contributed by atoms with Gasteiger partial charge in [0.15, 0.2) is 0 Å². The van der Waals surface area contributed by atoms with Crippen molar-refractivity contribution in [3.05, 3.63) is 60.8 Å². The lowest BCUT2D eigenvalue weighted by atomic mass is 10.0. The molecule has 2 aromatic carbocycles. The van der Waals surface area contributed by atoms with E-state index in [-0.39, 0.29) is 5.75 Å². The summed E-state index contributed by atoms with van der Waals surface area (Å²) in [5.74, 6) is 0.0218. The molecule has 1 fully saturated rings. The Bertz CT molecular complexity index is 857. The number of aromatic nitrogens is 1. The highest BCUT2D eigenvalue weighted by atomic mass is 16.3. The third kappa shape index (κ3) is 3.00. The van der Waals surface area contributed by atoms with E-state index in [0.717, 1.165) is 42.5 Å². The average molecular weight is 332 g/mol. The maximum atomic E-state index is 12.5. The first kappa shape index (κ1) is 15.8. The van der Waals surface area contributed by atoms with Crippen LogP contribution in [0, 0.1) is 0 Å². The van der Waals surface area contributed by atoms with Crippen molar-refractivity contribution in [2.24, 2.45) is 0 Å². The molecule has 1 aliphatic rings. The first-order chi connectivity index (χ1) is 12.2. The van der Waals surface area contributed by atoms with Crippen LogP contribution < -0.4 is 9.80 Å². The van der Waals surface area contributed by atoms with Crippen molar-refractivity contribution in [1.82, 2.24) is 4.98 Å². The molecule has 0 bridgehead atoms. The van der Waals surface area contributed by atoms with E-state index in [0.29, 0.717) is 6.04 Å². The van der Waals surface area contributed by atoms with E-state index in [1.165, 1.54) is 11.9 Å². The van der Waals surface area contributed by atoms with Crippen LogP contribution in [0.4, 0.5) is 11.4 Å². The molecule has 4 rings (SSSR count). The van der Waals surface area contributed by atoms with Gasteiger partial charge in [-0.25, -0.2) is 0 Å². The first-order valence-electron chi connectivity index (χ1n) is 8.81. The lowest BCUT2D eigenvalue weighted by Crippen LogP contribution is -2.43. The van der Waals surface area contributed by atoms with E-state index in [9.17, 15) is 5.11 Å². The molecule has 1 radical (unpaired) electrons. The summed E-state index contributed by atoms with van der Waals surface area (Å²) < 4.78 is 0. The van der Waals surface area contributed by atoms with Gasteiger partial charge in [-0.1, -0.05) is 36.4 Å². The lowest BCUT2D eigenvalue weighted by molar-refractivity contribution is 0.352. The van der Waals surface area contributed by atoms with Crippen LogP contribution in [0.25, 0.3) is 10.9 Å². The minimum atomic E-state index is 0.0218. The van der Waals surface area contributed by atoms with Gasteiger partial charge < -0.3 is 9.80 Å². The van der Waals surface area contributed by atoms with Gasteiger partial charge in [-0.05, 0) is 31.0 Å². The SMILES string of the molecule is CN(c1ccccc1)C1CCN(c2c([O])cnc3ccccc23)CC1. The largest absolute Gasteiger partial charge is 0.371 e. The molecule has 25 heavy (non-hydrogen) atoms. The molecular weight excluding hydrogens is 310 g/mol. The Morgan fingerprint density at radius 2 is 1.68 bits per heavy atom. The van der Waals surface area contributed by atoms with Gasteiger partial charge in [0.2, 0.25) is 5.75 Å². The number of pyridine rings is 1. The number of benzene rings is 2. The Morgan fingerprint density at radius 3 is 2.44 bits per heavy atom. The molecule has 0 unspecified atom stereocenters. The van der Waals surface area contributed by atoms with E-state index >= 15 is 0 Å². The van der Waals surface area contributed by atoms with Crippen LogP contribution in [0.3, 0.4) is 0 Å². The summed E-state index contributed by atoms with van der Waals surface area (Å²) >= 11 is 0. The predicted molar refractivity (Wildman–Crippen MR) is 102 cm³/mol. The summed E-state index contributed by atoms with van der Waals surface area (Å²) in [5.41, 5.74) is 2.95. The number of piperidine rings is 1. The van der Waals surface area contributed by atoms with Crippen LogP contribution in [-0.4, -0.2) is 31.2 Å². The molecule has 0 saturated carbocycles. The summed E-state index contributed by atoms with van der Waals surface area (Å²) in [6.07, 6.45) is 3.54. The van der Waals surface area contributed by atoms with Gasteiger partial charge in [0, 0.05) is 37.3 Å². The van der Waals surface area contributed by atoms with Crippen molar-refractivity contribution in [3.63, 3.8) is 0 Å². The Morgan fingerprint density at radius 1 is 1.00 bits per heavy atom. The van der Waals surface area contributed by atoms with Gasteiger partial charge in [0.05, 0.1) is 17.4 Å². The Labute approximate surface area is 148 Å². The average Bonchev–Trinajstić information content (AvgIpc) is 2.68. The van der Waals surface area contributed by atoms with Crippen LogP contribution in [0.5, 0.6) is 5.75 Å². The number of rotatable bonds is 3. The van der Waals surface area contributed by atoms with E-state index in [1.54, 1.807) is 0 Å². The van der Waals surface area contributed by atoms with E-state index < -0.39 is 0 Å². The van der Waals surface area contributed by atoms with Crippen LogP contribution in [0.15, 0.2) is 60.8 Å². The number of para-hydroxylation sites is 2. The molecule has 127 valence electrons. The Balaban J connectivity index is 1.54. The van der Waals surface area contributed by atoms with E-state index in [2.05, 4.69) is 46.1 Å². The molecule has 0 aliphatic carbocycles. The van der Waals surface area contributed by atoms with Gasteiger partial charge in [0.25, 0.3) is 0 Å². The fraction of sp³-hybridized carbons (Fsp3) is 0.286. The highest BCUT2D eigenvalue weighted by Crippen LogP contribution is 2.36. The fourth-order valence-corrected chi connectivity index (χ4v) is 3.79. The number of hydrogen-bond donors (Lipinski definition) is 0.